The summed E-state index contributed by atoms with van der Waals surface area (Å²) in [6, 6.07) is 21.8. The maximum Gasteiger partial charge on any atom is 0.254 e. The number of carbonyl (C=O) groups excluding carboxylic acids is 1. The lowest BCUT2D eigenvalue weighted by Crippen LogP contribution is -2.46. The van der Waals surface area contributed by atoms with E-state index in [9.17, 15) is 13.6 Å². The molecule has 0 radical (unpaired) electrons. The van der Waals surface area contributed by atoms with Crippen molar-refractivity contribution < 1.29 is 22.9 Å². The highest BCUT2D eigenvalue weighted by Gasteiger charge is 2.25. The van der Waals surface area contributed by atoms with Gasteiger partial charge in [-0.2, -0.15) is 0 Å². The fraction of sp³-hybridized carbons (Fsp3) is 0.111. The van der Waals surface area contributed by atoms with Gasteiger partial charge in [0, 0.05) is 23.3 Å². The second-order valence-electron chi connectivity index (χ2n) is 10.2. The number of hydrogen-bond donors (Lipinski definition) is 0. The molecule has 0 bridgehead atoms. The van der Waals surface area contributed by atoms with Crippen molar-refractivity contribution in [3.63, 3.8) is 0 Å². The monoisotopic (exact) mass is 559 g/mol. The van der Waals surface area contributed by atoms with Crippen molar-refractivity contribution in [3.05, 3.63) is 167 Å². The molecule has 1 aliphatic carbocycles. The second kappa shape index (κ2) is 12.2. The molecule has 0 atom stereocenters. The van der Waals surface area contributed by atoms with Gasteiger partial charge in [0.05, 0.1) is 13.1 Å². The van der Waals surface area contributed by atoms with Crippen molar-refractivity contribution in [2.75, 3.05) is 26.2 Å². The molecule has 2 heterocycles. The molecule has 0 spiro atoms. The SMILES string of the molecule is O=C(c1ccccc1)N1CC[N+](=C2C=CC(=C/C=C3\C=C(c4ccc(F)cc4)C=C(c4ccc(F)cc4)O3)C=C2)CC1. The van der Waals surface area contributed by atoms with E-state index >= 15 is 0 Å². The van der Waals surface area contributed by atoms with Crippen LogP contribution >= 0.6 is 0 Å². The lowest BCUT2D eigenvalue weighted by Gasteiger charge is -2.26. The van der Waals surface area contributed by atoms with Crippen LogP contribution in [0.2, 0.25) is 0 Å². The first-order chi connectivity index (χ1) is 20.5. The highest BCUT2D eigenvalue weighted by Crippen LogP contribution is 2.32. The Morgan fingerprint density at radius 1 is 0.738 bits per heavy atom. The Bertz CT molecular complexity index is 1680. The predicted molar refractivity (Wildman–Crippen MR) is 162 cm³/mol. The van der Waals surface area contributed by atoms with Gasteiger partial charge in [-0.05, 0) is 95.6 Å². The number of hydrogen-bond acceptors (Lipinski definition) is 2. The molecule has 1 amide bonds. The third kappa shape index (κ3) is 6.28. The minimum absolute atomic E-state index is 0.0761. The van der Waals surface area contributed by atoms with Gasteiger partial charge in [0.15, 0.2) is 18.8 Å². The summed E-state index contributed by atoms with van der Waals surface area (Å²) in [5, 5.41) is 0. The van der Waals surface area contributed by atoms with Gasteiger partial charge in [0.25, 0.3) is 5.91 Å². The van der Waals surface area contributed by atoms with Crippen molar-refractivity contribution in [2.24, 2.45) is 0 Å². The zero-order chi connectivity index (χ0) is 28.9. The van der Waals surface area contributed by atoms with Crippen molar-refractivity contribution in [1.82, 2.24) is 4.90 Å². The highest BCUT2D eigenvalue weighted by molar-refractivity contribution is 6.02. The van der Waals surface area contributed by atoms with Crippen LogP contribution in [-0.2, 0) is 4.74 Å². The molecule has 42 heavy (non-hydrogen) atoms. The van der Waals surface area contributed by atoms with Gasteiger partial charge in [-0.25, -0.2) is 13.4 Å². The Morgan fingerprint density at radius 3 is 2.00 bits per heavy atom. The molecular formula is C36H29F2N2O2+. The lowest BCUT2D eigenvalue weighted by atomic mass is 10.00. The first-order valence-corrected chi connectivity index (χ1v) is 13.9. The van der Waals surface area contributed by atoms with E-state index in [0.717, 1.165) is 46.6 Å². The van der Waals surface area contributed by atoms with Crippen LogP contribution in [0.25, 0.3) is 11.3 Å². The third-order valence-corrected chi connectivity index (χ3v) is 7.40. The van der Waals surface area contributed by atoms with Crippen LogP contribution < -0.4 is 0 Å². The fourth-order valence-electron chi connectivity index (χ4n) is 5.08. The van der Waals surface area contributed by atoms with Crippen LogP contribution in [0.4, 0.5) is 8.78 Å². The quantitative estimate of drug-likeness (QED) is 0.324. The summed E-state index contributed by atoms with van der Waals surface area (Å²) in [6.07, 6.45) is 15.9. The van der Waals surface area contributed by atoms with E-state index in [4.69, 9.17) is 4.74 Å². The van der Waals surface area contributed by atoms with E-state index in [1.807, 2.05) is 59.5 Å². The Kier molecular flexibility index (Phi) is 7.86. The fourth-order valence-corrected chi connectivity index (χ4v) is 5.08. The molecule has 6 rings (SSSR count). The Morgan fingerprint density at radius 2 is 1.36 bits per heavy atom. The molecule has 0 saturated carbocycles. The third-order valence-electron chi connectivity index (χ3n) is 7.40. The van der Waals surface area contributed by atoms with Crippen LogP contribution in [-0.4, -0.2) is 47.3 Å². The normalized spacial score (nSPS) is 17.6. The van der Waals surface area contributed by atoms with Crippen LogP contribution in [0.5, 0.6) is 0 Å². The summed E-state index contributed by atoms with van der Waals surface area (Å²) in [5.74, 6) is 0.646. The lowest BCUT2D eigenvalue weighted by molar-refractivity contribution is -0.536. The molecule has 4 nitrogen and oxygen atoms in total. The molecule has 0 aromatic heterocycles. The molecule has 3 aromatic rings. The first kappa shape index (κ1) is 27.1. The standard InChI is InChI=1S/C36H29F2N2O2/c37-31-13-9-27(10-14-31)30-24-34(42-35(25-30)28-11-15-32(38)16-12-28)19-8-26-6-17-33(18-7-26)39-20-22-40(23-21-39)36(41)29-4-2-1-3-5-29/h1-19,24-25H,20-23H2/q+1/b34-19+. The molecule has 0 unspecified atom stereocenters. The molecule has 6 heteroatoms. The molecule has 3 aliphatic rings. The maximum absolute atomic E-state index is 13.5. The van der Waals surface area contributed by atoms with Crippen LogP contribution in [0, 0.1) is 11.6 Å². The summed E-state index contributed by atoms with van der Waals surface area (Å²) >= 11 is 0. The van der Waals surface area contributed by atoms with Crippen LogP contribution in [0.3, 0.4) is 0 Å². The molecule has 3 aromatic carbocycles. The van der Waals surface area contributed by atoms with Gasteiger partial charge in [0.2, 0.25) is 0 Å². The first-order valence-electron chi connectivity index (χ1n) is 13.9. The average Bonchev–Trinajstić information content (AvgIpc) is 3.05. The number of nitrogens with zero attached hydrogens (tertiary/aromatic N) is 2. The average molecular weight is 560 g/mol. The van der Waals surface area contributed by atoms with Gasteiger partial charge >= 0.3 is 0 Å². The minimum Gasteiger partial charge on any atom is -0.457 e. The number of rotatable bonds is 4. The van der Waals surface area contributed by atoms with Gasteiger partial charge in [-0.15, -0.1) is 0 Å². The van der Waals surface area contributed by atoms with Gasteiger partial charge < -0.3 is 9.64 Å². The smallest absolute Gasteiger partial charge is 0.254 e. The van der Waals surface area contributed by atoms with E-state index < -0.39 is 0 Å². The number of amides is 1. The summed E-state index contributed by atoms with van der Waals surface area (Å²) < 4.78 is 35.5. The van der Waals surface area contributed by atoms with Crippen LogP contribution in [0.15, 0.2) is 139 Å². The highest BCUT2D eigenvalue weighted by atomic mass is 19.1. The molecule has 1 saturated heterocycles. The molecule has 0 N–H and O–H groups in total. The molecule has 208 valence electrons. The van der Waals surface area contributed by atoms with Crippen molar-refractivity contribution in [2.45, 2.75) is 0 Å². The Balaban J connectivity index is 1.17. The number of piperazine rings is 1. The number of halogens is 2. The number of benzene rings is 3. The summed E-state index contributed by atoms with van der Waals surface area (Å²) in [7, 11) is 0. The summed E-state index contributed by atoms with van der Waals surface area (Å²) in [5.41, 5.74) is 5.29. The van der Waals surface area contributed by atoms with E-state index in [-0.39, 0.29) is 17.5 Å². The van der Waals surface area contributed by atoms with Crippen molar-refractivity contribution in [1.29, 1.82) is 0 Å². The molecule has 2 aliphatic heterocycles. The van der Waals surface area contributed by atoms with E-state index in [2.05, 4.69) is 28.9 Å². The maximum atomic E-state index is 13.5. The Hall–Kier alpha value is -5.10. The predicted octanol–water partition coefficient (Wildman–Crippen LogP) is 6.97. The van der Waals surface area contributed by atoms with E-state index in [1.54, 1.807) is 24.3 Å². The zero-order valence-corrected chi connectivity index (χ0v) is 22.9. The van der Waals surface area contributed by atoms with E-state index in [1.165, 1.54) is 24.3 Å². The summed E-state index contributed by atoms with van der Waals surface area (Å²) in [6.45, 7) is 2.90. The topological polar surface area (TPSA) is 32.5 Å². The Labute approximate surface area is 243 Å². The molecule has 1 fully saturated rings. The van der Waals surface area contributed by atoms with Gasteiger partial charge in [0.1, 0.15) is 23.2 Å². The minimum atomic E-state index is -0.320. The van der Waals surface area contributed by atoms with Crippen molar-refractivity contribution in [3.8, 4) is 0 Å². The van der Waals surface area contributed by atoms with Crippen LogP contribution in [0.1, 0.15) is 21.5 Å². The number of carbonyl (C=O) groups is 1. The van der Waals surface area contributed by atoms with Crippen molar-refractivity contribution >= 4 is 23.0 Å². The van der Waals surface area contributed by atoms with Gasteiger partial charge in [-0.1, -0.05) is 36.4 Å². The molecular weight excluding hydrogens is 530 g/mol. The van der Waals surface area contributed by atoms with Gasteiger partial charge in [-0.3, -0.25) is 4.79 Å². The number of ether oxygens (including phenoxy) is 1. The number of allylic oxidation sites excluding steroid dienone is 10. The largest absolute Gasteiger partial charge is 0.457 e. The summed E-state index contributed by atoms with van der Waals surface area (Å²) in [4.78, 5) is 14.7. The zero-order valence-electron chi connectivity index (χ0n) is 22.9. The second-order valence-corrected chi connectivity index (χ2v) is 10.2. The van der Waals surface area contributed by atoms with E-state index in [0.29, 0.717) is 24.6 Å².